The number of para-hydroxylation sites is 1. The number of anilines is 1. The summed E-state index contributed by atoms with van der Waals surface area (Å²) in [6.45, 7) is 7.71. The Morgan fingerprint density at radius 1 is 1.04 bits per heavy atom. The summed E-state index contributed by atoms with van der Waals surface area (Å²) in [4.78, 5) is 12.6. The van der Waals surface area contributed by atoms with Gasteiger partial charge in [-0.25, -0.2) is 4.98 Å². The van der Waals surface area contributed by atoms with Crippen LogP contribution in [0.2, 0.25) is 0 Å². The van der Waals surface area contributed by atoms with Gasteiger partial charge in [0.2, 0.25) is 0 Å². The number of nitrogens with zero attached hydrogens (tertiary/aromatic N) is 4. The molecule has 0 aliphatic rings. The molecule has 0 saturated carbocycles. The van der Waals surface area contributed by atoms with Crippen molar-refractivity contribution >= 4 is 15.7 Å². The average Bonchev–Trinajstić information content (AvgIpc) is 3.01. The van der Waals surface area contributed by atoms with E-state index in [1.54, 1.807) is 37.5 Å². The van der Waals surface area contributed by atoms with Crippen molar-refractivity contribution in [1.82, 2.24) is 19.5 Å². The molecule has 0 bridgehead atoms. The van der Waals surface area contributed by atoms with Gasteiger partial charge in [-0.3, -0.25) is 4.72 Å². The van der Waals surface area contributed by atoms with Crippen molar-refractivity contribution in [2.75, 3.05) is 4.72 Å². The lowest BCUT2D eigenvalue weighted by Crippen LogP contribution is -2.16. The monoisotopic (exact) mass is 387 g/mol. The van der Waals surface area contributed by atoms with Crippen LogP contribution >= 0.6 is 0 Å². The van der Waals surface area contributed by atoms with Gasteiger partial charge in [-0.05, 0) is 39.8 Å². The Bertz CT molecular complexity index is 1040. The molecule has 0 atom stereocenters. The molecule has 142 valence electrons. The second-order valence-electron chi connectivity index (χ2n) is 5.98. The second kappa shape index (κ2) is 7.36. The van der Waals surface area contributed by atoms with Crippen molar-refractivity contribution in [2.24, 2.45) is 0 Å². The van der Waals surface area contributed by atoms with Crippen LogP contribution in [-0.4, -0.2) is 27.9 Å². The summed E-state index contributed by atoms with van der Waals surface area (Å²) in [5, 5.41) is -0.0368. The Balaban J connectivity index is 1.88. The molecule has 2 heterocycles. The largest absolute Gasteiger partial charge is 0.424 e. The van der Waals surface area contributed by atoms with E-state index < -0.39 is 10.0 Å². The molecule has 2 aromatic heterocycles. The van der Waals surface area contributed by atoms with Gasteiger partial charge in [-0.2, -0.15) is 18.4 Å². The zero-order valence-electron chi connectivity index (χ0n) is 15.6. The molecule has 27 heavy (non-hydrogen) atoms. The van der Waals surface area contributed by atoms with Gasteiger partial charge in [-0.1, -0.05) is 18.2 Å². The summed E-state index contributed by atoms with van der Waals surface area (Å²) >= 11 is 0. The van der Waals surface area contributed by atoms with Crippen LogP contribution in [0.3, 0.4) is 0 Å². The molecule has 0 aliphatic heterocycles. The van der Waals surface area contributed by atoms with Gasteiger partial charge in [0, 0.05) is 12.7 Å². The van der Waals surface area contributed by atoms with Crippen molar-refractivity contribution in [2.45, 2.75) is 39.3 Å². The van der Waals surface area contributed by atoms with E-state index in [1.807, 2.05) is 25.1 Å². The normalized spacial score (nSPS) is 11.4. The quantitative estimate of drug-likeness (QED) is 0.697. The number of rotatable bonds is 6. The summed E-state index contributed by atoms with van der Waals surface area (Å²) < 4.78 is 35.3. The Labute approximate surface area is 158 Å². The Morgan fingerprint density at radius 2 is 1.67 bits per heavy atom. The standard InChI is InChI=1S/C18H21N5O3S/c1-5-23-11-16(21-14(23)4)27(24,25)22-17-12(2)19-18(20-13(17)3)26-15-9-7-6-8-10-15/h6-11,22H,5H2,1-4H3. The molecule has 0 radical (unpaired) electrons. The van der Waals surface area contributed by atoms with Crippen LogP contribution in [-0.2, 0) is 16.6 Å². The van der Waals surface area contributed by atoms with Crippen LogP contribution in [0.4, 0.5) is 5.69 Å². The first-order chi connectivity index (χ1) is 12.8. The average molecular weight is 387 g/mol. The fraction of sp³-hybridized carbons (Fsp3) is 0.278. The van der Waals surface area contributed by atoms with Gasteiger partial charge in [0.15, 0.2) is 5.03 Å². The third-order valence-electron chi connectivity index (χ3n) is 4.01. The van der Waals surface area contributed by atoms with Crippen LogP contribution in [0.25, 0.3) is 0 Å². The highest BCUT2D eigenvalue weighted by Crippen LogP contribution is 2.25. The smallest absolute Gasteiger partial charge is 0.322 e. The summed E-state index contributed by atoms with van der Waals surface area (Å²) in [6, 6.07) is 9.30. The van der Waals surface area contributed by atoms with E-state index in [2.05, 4.69) is 19.7 Å². The topological polar surface area (TPSA) is 99.0 Å². The zero-order chi connectivity index (χ0) is 19.6. The zero-order valence-corrected chi connectivity index (χ0v) is 16.4. The number of hydrogen-bond acceptors (Lipinski definition) is 6. The molecule has 0 fully saturated rings. The summed E-state index contributed by atoms with van der Waals surface area (Å²) in [5.74, 6) is 1.24. The summed E-state index contributed by atoms with van der Waals surface area (Å²) in [5.41, 5.74) is 1.24. The first-order valence-electron chi connectivity index (χ1n) is 8.45. The minimum Gasteiger partial charge on any atom is -0.424 e. The Morgan fingerprint density at radius 3 is 2.22 bits per heavy atom. The highest BCUT2D eigenvalue weighted by molar-refractivity contribution is 7.92. The highest BCUT2D eigenvalue weighted by atomic mass is 32.2. The van der Waals surface area contributed by atoms with Crippen LogP contribution in [0.5, 0.6) is 11.8 Å². The number of imidazole rings is 1. The minimum absolute atomic E-state index is 0.0368. The van der Waals surface area contributed by atoms with Crippen molar-refractivity contribution in [3.05, 3.63) is 53.7 Å². The molecular formula is C18H21N5O3S. The number of benzene rings is 1. The number of nitrogens with one attached hydrogen (secondary N) is 1. The van der Waals surface area contributed by atoms with E-state index in [0.29, 0.717) is 35.2 Å². The molecule has 0 aliphatic carbocycles. The van der Waals surface area contributed by atoms with Crippen molar-refractivity contribution in [1.29, 1.82) is 0 Å². The fourth-order valence-corrected chi connectivity index (χ4v) is 3.78. The number of sulfonamides is 1. The van der Waals surface area contributed by atoms with Crippen molar-refractivity contribution < 1.29 is 13.2 Å². The van der Waals surface area contributed by atoms with Crippen LogP contribution in [0.15, 0.2) is 41.6 Å². The number of ether oxygens (including phenoxy) is 1. The van der Waals surface area contributed by atoms with Crippen LogP contribution in [0.1, 0.15) is 24.1 Å². The molecule has 8 nitrogen and oxygen atoms in total. The Hall–Kier alpha value is -2.94. The van der Waals surface area contributed by atoms with Crippen molar-refractivity contribution in [3.63, 3.8) is 0 Å². The van der Waals surface area contributed by atoms with Crippen LogP contribution < -0.4 is 9.46 Å². The van der Waals surface area contributed by atoms with E-state index in [4.69, 9.17) is 4.74 Å². The van der Waals surface area contributed by atoms with E-state index in [0.717, 1.165) is 0 Å². The molecule has 0 amide bonds. The molecule has 9 heteroatoms. The predicted molar refractivity (Wildman–Crippen MR) is 101 cm³/mol. The van der Waals surface area contributed by atoms with Crippen LogP contribution in [0, 0.1) is 20.8 Å². The van der Waals surface area contributed by atoms with E-state index in [-0.39, 0.29) is 11.0 Å². The lowest BCUT2D eigenvalue weighted by molar-refractivity contribution is 0.439. The predicted octanol–water partition coefficient (Wildman–Crippen LogP) is 3.21. The van der Waals surface area contributed by atoms with Gasteiger partial charge < -0.3 is 9.30 Å². The number of hydrogen-bond donors (Lipinski definition) is 1. The van der Waals surface area contributed by atoms with Gasteiger partial charge in [0.25, 0.3) is 10.0 Å². The minimum atomic E-state index is -3.84. The Kier molecular flexibility index (Phi) is 5.13. The molecule has 0 spiro atoms. The van der Waals surface area contributed by atoms with Gasteiger partial charge in [0.1, 0.15) is 11.6 Å². The van der Waals surface area contributed by atoms with E-state index in [1.165, 1.54) is 6.20 Å². The van der Waals surface area contributed by atoms with Gasteiger partial charge in [-0.15, -0.1) is 0 Å². The third-order valence-corrected chi connectivity index (χ3v) is 5.23. The highest BCUT2D eigenvalue weighted by Gasteiger charge is 2.22. The third kappa shape index (κ3) is 4.08. The molecule has 3 rings (SSSR count). The summed E-state index contributed by atoms with van der Waals surface area (Å²) in [6.07, 6.45) is 1.51. The first kappa shape index (κ1) is 18.8. The molecule has 1 N–H and O–H groups in total. The molecular weight excluding hydrogens is 366 g/mol. The van der Waals surface area contributed by atoms with E-state index in [9.17, 15) is 8.42 Å². The maximum Gasteiger partial charge on any atom is 0.322 e. The fourth-order valence-electron chi connectivity index (χ4n) is 2.59. The maximum absolute atomic E-state index is 12.7. The SMILES string of the molecule is CCn1cc(S(=O)(=O)Nc2c(C)nc(Oc3ccccc3)nc2C)nc1C. The molecule has 1 aromatic carbocycles. The molecule has 0 unspecified atom stereocenters. The first-order valence-corrected chi connectivity index (χ1v) is 9.93. The number of aromatic nitrogens is 4. The lowest BCUT2D eigenvalue weighted by Gasteiger charge is -2.12. The van der Waals surface area contributed by atoms with Gasteiger partial charge >= 0.3 is 6.01 Å². The van der Waals surface area contributed by atoms with Crippen molar-refractivity contribution in [3.8, 4) is 11.8 Å². The van der Waals surface area contributed by atoms with Gasteiger partial charge in [0.05, 0.1) is 17.1 Å². The van der Waals surface area contributed by atoms with E-state index >= 15 is 0 Å². The molecule has 3 aromatic rings. The summed E-state index contributed by atoms with van der Waals surface area (Å²) in [7, 11) is -3.84. The lowest BCUT2D eigenvalue weighted by atomic mass is 10.3. The number of aryl methyl sites for hydroxylation is 4. The molecule has 0 saturated heterocycles. The maximum atomic E-state index is 12.7. The second-order valence-corrected chi connectivity index (χ2v) is 7.61.